The number of aromatic amines is 1. The van der Waals surface area contributed by atoms with Gasteiger partial charge in [0.05, 0.1) is 4.90 Å². The van der Waals surface area contributed by atoms with Crippen LogP contribution in [0.25, 0.3) is 0 Å². The van der Waals surface area contributed by atoms with Gasteiger partial charge in [0.15, 0.2) is 0 Å². The molecule has 3 heterocycles. The first-order valence-electron chi connectivity index (χ1n) is 7.67. The van der Waals surface area contributed by atoms with Crippen molar-refractivity contribution in [2.75, 3.05) is 33.2 Å². The molecule has 118 valence electrons. The molecule has 2 fully saturated rings. The number of aromatic nitrogens is 1. The number of hydrogen-bond acceptors (Lipinski definition) is 4. The number of rotatable bonds is 4. The molecule has 3 rings (SSSR count). The SMILES string of the molecule is CNCc1cc(S(=O)(=O)N2CCCN3CCCC3C2)c[nH]1. The second kappa shape index (κ2) is 6.08. The Bertz CT molecular complexity index is 584. The van der Waals surface area contributed by atoms with Crippen molar-refractivity contribution in [2.45, 2.75) is 36.7 Å². The Kier molecular flexibility index (Phi) is 4.35. The fourth-order valence-electron chi connectivity index (χ4n) is 3.40. The number of nitrogens with one attached hydrogen (secondary N) is 2. The van der Waals surface area contributed by atoms with Gasteiger partial charge in [0.1, 0.15) is 0 Å². The van der Waals surface area contributed by atoms with Gasteiger partial charge in [-0.2, -0.15) is 4.31 Å². The molecule has 0 aromatic carbocycles. The topological polar surface area (TPSA) is 68.4 Å². The molecule has 1 unspecified atom stereocenters. The summed E-state index contributed by atoms with van der Waals surface area (Å²) in [6.45, 7) is 4.05. The van der Waals surface area contributed by atoms with Crippen molar-refractivity contribution >= 4 is 10.0 Å². The van der Waals surface area contributed by atoms with Crippen molar-refractivity contribution in [3.63, 3.8) is 0 Å². The zero-order valence-corrected chi connectivity index (χ0v) is 13.3. The average Bonchev–Trinajstić information content (AvgIpc) is 3.05. The highest BCUT2D eigenvalue weighted by molar-refractivity contribution is 7.89. The third-order valence-electron chi connectivity index (χ3n) is 4.49. The maximum Gasteiger partial charge on any atom is 0.244 e. The van der Waals surface area contributed by atoms with Gasteiger partial charge in [-0.05, 0) is 45.5 Å². The van der Waals surface area contributed by atoms with Crippen molar-refractivity contribution < 1.29 is 8.42 Å². The molecule has 2 saturated heterocycles. The zero-order valence-electron chi connectivity index (χ0n) is 12.5. The lowest BCUT2D eigenvalue weighted by Crippen LogP contribution is -2.39. The summed E-state index contributed by atoms with van der Waals surface area (Å²) in [6, 6.07) is 2.14. The highest BCUT2D eigenvalue weighted by Gasteiger charge is 2.34. The number of nitrogens with zero attached hydrogens (tertiary/aromatic N) is 2. The van der Waals surface area contributed by atoms with E-state index < -0.39 is 10.0 Å². The van der Waals surface area contributed by atoms with Gasteiger partial charge in [-0.15, -0.1) is 0 Å². The van der Waals surface area contributed by atoms with Gasteiger partial charge >= 0.3 is 0 Å². The molecule has 1 aromatic rings. The predicted molar refractivity (Wildman–Crippen MR) is 81.5 cm³/mol. The first kappa shape index (κ1) is 15.0. The molecule has 1 aromatic heterocycles. The van der Waals surface area contributed by atoms with Crippen LogP contribution in [0.3, 0.4) is 0 Å². The smallest absolute Gasteiger partial charge is 0.244 e. The van der Waals surface area contributed by atoms with Gasteiger partial charge in [-0.1, -0.05) is 0 Å². The van der Waals surface area contributed by atoms with Crippen molar-refractivity contribution in [3.8, 4) is 0 Å². The Hall–Kier alpha value is -0.890. The highest BCUT2D eigenvalue weighted by atomic mass is 32.2. The van der Waals surface area contributed by atoms with Crippen LogP contribution in [0.4, 0.5) is 0 Å². The first-order valence-corrected chi connectivity index (χ1v) is 9.11. The Balaban J connectivity index is 1.79. The van der Waals surface area contributed by atoms with Crippen molar-refractivity contribution in [2.24, 2.45) is 0 Å². The van der Waals surface area contributed by atoms with E-state index in [1.54, 1.807) is 16.6 Å². The van der Waals surface area contributed by atoms with Crippen molar-refractivity contribution in [1.82, 2.24) is 19.5 Å². The van der Waals surface area contributed by atoms with Crippen LogP contribution >= 0.6 is 0 Å². The summed E-state index contributed by atoms with van der Waals surface area (Å²) in [7, 11) is -1.53. The Morgan fingerprint density at radius 2 is 2.14 bits per heavy atom. The molecule has 2 aliphatic rings. The molecule has 2 aliphatic heterocycles. The van der Waals surface area contributed by atoms with Crippen molar-refractivity contribution in [1.29, 1.82) is 0 Å². The quantitative estimate of drug-likeness (QED) is 0.854. The zero-order chi connectivity index (χ0) is 14.9. The summed E-state index contributed by atoms with van der Waals surface area (Å²) >= 11 is 0. The molecule has 0 bridgehead atoms. The summed E-state index contributed by atoms with van der Waals surface area (Å²) in [5.74, 6) is 0. The first-order chi connectivity index (χ1) is 10.1. The fourth-order valence-corrected chi connectivity index (χ4v) is 4.94. The Morgan fingerprint density at radius 3 is 2.95 bits per heavy atom. The van der Waals surface area contributed by atoms with Gasteiger partial charge < -0.3 is 10.3 Å². The highest BCUT2D eigenvalue weighted by Crippen LogP contribution is 2.25. The van der Waals surface area contributed by atoms with Gasteiger partial charge in [-0.3, -0.25) is 4.90 Å². The van der Waals surface area contributed by atoms with Crippen LogP contribution in [0.15, 0.2) is 17.2 Å². The van der Waals surface area contributed by atoms with E-state index in [9.17, 15) is 8.42 Å². The molecule has 2 N–H and O–H groups in total. The van der Waals surface area contributed by atoms with E-state index in [1.807, 2.05) is 7.05 Å². The maximum atomic E-state index is 12.8. The van der Waals surface area contributed by atoms with Gasteiger partial charge in [-0.25, -0.2) is 8.42 Å². The monoisotopic (exact) mass is 312 g/mol. The van der Waals surface area contributed by atoms with E-state index in [0.717, 1.165) is 31.6 Å². The van der Waals surface area contributed by atoms with E-state index in [2.05, 4.69) is 15.2 Å². The number of fused-ring (bicyclic) bond motifs is 1. The third kappa shape index (κ3) is 3.01. The van der Waals surface area contributed by atoms with Crippen molar-refractivity contribution in [3.05, 3.63) is 18.0 Å². The van der Waals surface area contributed by atoms with Crippen LogP contribution in [0, 0.1) is 0 Å². The standard InChI is InChI=1S/C14H24N4O2S/c1-15-9-12-8-14(10-16-12)21(19,20)18-7-3-6-17-5-2-4-13(17)11-18/h8,10,13,15-16H,2-7,9,11H2,1H3. The maximum absolute atomic E-state index is 12.8. The molecule has 7 heteroatoms. The molecule has 1 atom stereocenters. The lowest BCUT2D eigenvalue weighted by molar-refractivity contribution is 0.257. The predicted octanol–water partition coefficient (Wildman–Crippen LogP) is 0.593. The molecule has 0 radical (unpaired) electrons. The molecule has 0 saturated carbocycles. The number of hydrogen-bond donors (Lipinski definition) is 2. The molecule has 0 spiro atoms. The second-order valence-corrected chi connectivity index (χ2v) is 7.88. The minimum Gasteiger partial charge on any atom is -0.363 e. The minimum absolute atomic E-state index is 0.388. The van der Waals surface area contributed by atoms with E-state index in [4.69, 9.17) is 0 Å². The van der Waals surface area contributed by atoms with Gasteiger partial charge in [0, 0.05) is 37.6 Å². The number of H-pyrrole nitrogens is 1. The molecule has 6 nitrogen and oxygen atoms in total. The Labute approximate surface area is 126 Å². The Morgan fingerprint density at radius 1 is 1.33 bits per heavy atom. The molecule has 0 amide bonds. The normalized spacial score (nSPS) is 24.9. The van der Waals surface area contributed by atoms with E-state index in [-0.39, 0.29) is 0 Å². The van der Waals surface area contributed by atoms with Gasteiger partial charge in [0.2, 0.25) is 10.0 Å². The van der Waals surface area contributed by atoms with Gasteiger partial charge in [0.25, 0.3) is 0 Å². The molecule has 21 heavy (non-hydrogen) atoms. The largest absolute Gasteiger partial charge is 0.363 e. The van der Waals surface area contributed by atoms with Crippen LogP contribution in [0.2, 0.25) is 0 Å². The average molecular weight is 312 g/mol. The summed E-state index contributed by atoms with van der Waals surface area (Å²) in [6.07, 6.45) is 4.84. The second-order valence-electron chi connectivity index (χ2n) is 5.94. The van der Waals surface area contributed by atoms with Crippen LogP contribution in [0.5, 0.6) is 0 Å². The van der Waals surface area contributed by atoms with Crippen LogP contribution in [0.1, 0.15) is 25.0 Å². The third-order valence-corrected chi connectivity index (χ3v) is 6.33. The van der Waals surface area contributed by atoms with E-state index in [1.165, 1.54) is 6.42 Å². The summed E-state index contributed by atoms with van der Waals surface area (Å²) in [5.41, 5.74) is 0.897. The minimum atomic E-state index is -3.37. The fraction of sp³-hybridized carbons (Fsp3) is 0.714. The van der Waals surface area contributed by atoms with Crippen LogP contribution in [-0.2, 0) is 16.6 Å². The lowest BCUT2D eigenvalue weighted by Gasteiger charge is -2.24. The van der Waals surface area contributed by atoms with E-state index in [0.29, 0.717) is 30.6 Å². The summed E-state index contributed by atoms with van der Waals surface area (Å²) in [5, 5.41) is 3.02. The lowest BCUT2D eigenvalue weighted by atomic mass is 10.2. The number of sulfonamides is 1. The summed E-state index contributed by atoms with van der Waals surface area (Å²) < 4.78 is 27.3. The molecule has 0 aliphatic carbocycles. The summed E-state index contributed by atoms with van der Waals surface area (Å²) in [4.78, 5) is 5.87. The van der Waals surface area contributed by atoms with E-state index >= 15 is 0 Å². The molecular weight excluding hydrogens is 288 g/mol. The molecular formula is C14H24N4O2S. The van der Waals surface area contributed by atoms with Crippen LogP contribution in [-0.4, -0.2) is 61.9 Å². The van der Waals surface area contributed by atoms with Crippen LogP contribution < -0.4 is 5.32 Å².